The minimum Gasteiger partial charge on any atom is -0.506 e. The highest BCUT2D eigenvalue weighted by Crippen LogP contribution is 2.34. The third-order valence-electron chi connectivity index (χ3n) is 4.11. The van der Waals surface area contributed by atoms with Crippen molar-refractivity contribution in [2.45, 2.75) is 6.18 Å². The molecule has 3 rings (SSSR count). The van der Waals surface area contributed by atoms with Crippen LogP contribution in [0.2, 0.25) is 0 Å². The van der Waals surface area contributed by atoms with Crippen LogP contribution in [-0.2, 0) is 6.18 Å². The van der Waals surface area contributed by atoms with Gasteiger partial charge < -0.3 is 25.8 Å². The first kappa shape index (κ1) is 22.4. The Morgan fingerprint density at radius 1 is 0.969 bits per heavy atom. The lowest BCUT2D eigenvalue weighted by Crippen LogP contribution is -2.20. The van der Waals surface area contributed by atoms with Crippen LogP contribution in [0.1, 0.15) is 16.1 Å². The lowest BCUT2D eigenvalue weighted by atomic mass is 10.2. The number of hydrogen-bond donors (Lipinski definition) is 4. The maximum absolute atomic E-state index is 12.8. The number of ether oxygens (including phenoxy) is 1. The molecular formula is C21H17F3N4O4. The molecule has 0 atom stereocenters. The van der Waals surface area contributed by atoms with Crippen LogP contribution in [0.5, 0.6) is 17.2 Å². The number of phenolic OH excluding ortho intramolecular Hbond substituents is 1. The monoisotopic (exact) mass is 446 g/mol. The zero-order chi connectivity index (χ0) is 23.3. The predicted molar refractivity (Wildman–Crippen MR) is 110 cm³/mol. The first-order valence-corrected chi connectivity index (χ1v) is 9.10. The van der Waals surface area contributed by atoms with Gasteiger partial charge in [-0.15, -0.1) is 0 Å². The number of halogens is 3. The number of aromatic nitrogens is 1. The smallest absolute Gasteiger partial charge is 0.416 e. The summed E-state index contributed by atoms with van der Waals surface area (Å²) in [6.07, 6.45) is -3.20. The number of aromatic hydroxyl groups is 1. The van der Waals surface area contributed by atoms with Gasteiger partial charge in [-0.3, -0.25) is 9.78 Å². The maximum atomic E-state index is 12.8. The molecule has 4 N–H and O–H groups in total. The quantitative estimate of drug-likeness (QED) is 0.428. The SMILES string of the molecule is CNC(=O)c1cc(Oc2ccc(NC(=O)Nc3cc(C(F)(F)F)ccc3O)cc2)ccn1. The van der Waals surface area contributed by atoms with Crippen LogP contribution in [0.4, 0.5) is 29.3 Å². The van der Waals surface area contributed by atoms with Gasteiger partial charge in [-0.25, -0.2) is 4.79 Å². The Labute approximate surface area is 180 Å². The number of amides is 3. The Bertz CT molecular complexity index is 1130. The molecule has 8 nitrogen and oxygen atoms in total. The average Bonchev–Trinajstić information content (AvgIpc) is 2.75. The average molecular weight is 446 g/mol. The molecule has 0 aliphatic rings. The van der Waals surface area contributed by atoms with Crippen molar-refractivity contribution in [1.82, 2.24) is 10.3 Å². The Morgan fingerprint density at radius 2 is 1.69 bits per heavy atom. The second-order valence-electron chi connectivity index (χ2n) is 6.39. The molecule has 0 bridgehead atoms. The Balaban J connectivity index is 1.64. The van der Waals surface area contributed by atoms with E-state index in [0.717, 1.165) is 6.07 Å². The first-order valence-electron chi connectivity index (χ1n) is 9.10. The van der Waals surface area contributed by atoms with Crippen molar-refractivity contribution in [3.05, 3.63) is 72.1 Å². The fourth-order valence-electron chi connectivity index (χ4n) is 2.57. The third kappa shape index (κ3) is 5.65. The molecule has 0 unspecified atom stereocenters. The first-order chi connectivity index (χ1) is 15.2. The number of anilines is 2. The largest absolute Gasteiger partial charge is 0.506 e. The number of benzene rings is 2. The van der Waals surface area contributed by atoms with E-state index in [4.69, 9.17) is 4.74 Å². The standard InChI is InChI=1S/C21H17F3N4O4/c1-25-19(30)17-11-15(8-9-26-17)32-14-5-3-13(4-6-14)27-20(31)28-16-10-12(21(22,23)24)2-7-18(16)29/h2-11,29H,1H3,(H,25,30)(H2,27,28,31). The summed E-state index contributed by atoms with van der Waals surface area (Å²) in [5, 5.41) is 16.8. The fraction of sp³-hybridized carbons (Fsp3) is 0.0952. The number of alkyl halides is 3. The van der Waals surface area contributed by atoms with Crippen LogP contribution in [0.3, 0.4) is 0 Å². The minimum absolute atomic E-state index is 0.179. The summed E-state index contributed by atoms with van der Waals surface area (Å²) in [7, 11) is 1.48. The summed E-state index contributed by atoms with van der Waals surface area (Å²) >= 11 is 0. The molecule has 1 heterocycles. The number of nitrogens with one attached hydrogen (secondary N) is 3. The summed E-state index contributed by atoms with van der Waals surface area (Å²) in [6.45, 7) is 0. The number of carbonyl (C=O) groups excluding carboxylic acids is 2. The molecule has 3 aromatic rings. The van der Waals surface area contributed by atoms with E-state index in [2.05, 4.69) is 20.9 Å². The van der Waals surface area contributed by atoms with Crippen LogP contribution in [-0.4, -0.2) is 29.1 Å². The van der Waals surface area contributed by atoms with Crippen molar-refractivity contribution in [2.24, 2.45) is 0 Å². The highest BCUT2D eigenvalue weighted by Gasteiger charge is 2.31. The lowest BCUT2D eigenvalue weighted by molar-refractivity contribution is -0.137. The molecule has 0 aliphatic heterocycles. The van der Waals surface area contributed by atoms with Gasteiger partial charge in [0.2, 0.25) is 0 Å². The molecule has 32 heavy (non-hydrogen) atoms. The van der Waals surface area contributed by atoms with Crippen molar-refractivity contribution in [2.75, 3.05) is 17.7 Å². The summed E-state index contributed by atoms with van der Waals surface area (Å²) in [4.78, 5) is 27.7. The van der Waals surface area contributed by atoms with E-state index in [-0.39, 0.29) is 17.3 Å². The second kappa shape index (κ2) is 9.25. The van der Waals surface area contributed by atoms with Gasteiger partial charge in [0.25, 0.3) is 5.91 Å². The minimum atomic E-state index is -4.62. The highest BCUT2D eigenvalue weighted by atomic mass is 19.4. The summed E-state index contributed by atoms with van der Waals surface area (Å²) in [5.41, 5.74) is -0.899. The maximum Gasteiger partial charge on any atom is 0.416 e. The highest BCUT2D eigenvalue weighted by molar-refractivity contribution is 6.00. The summed E-state index contributed by atoms with van der Waals surface area (Å²) < 4.78 is 44.1. The molecule has 0 saturated carbocycles. The zero-order valence-corrected chi connectivity index (χ0v) is 16.5. The van der Waals surface area contributed by atoms with Crippen LogP contribution >= 0.6 is 0 Å². The van der Waals surface area contributed by atoms with Crippen molar-refractivity contribution >= 4 is 23.3 Å². The fourth-order valence-corrected chi connectivity index (χ4v) is 2.57. The molecule has 3 amide bonds. The number of urea groups is 1. The number of pyridine rings is 1. The van der Waals surface area contributed by atoms with E-state index >= 15 is 0 Å². The second-order valence-corrected chi connectivity index (χ2v) is 6.39. The molecule has 1 aromatic heterocycles. The number of phenols is 1. The molecule has 11 heteroatoms. The van der Waals surface area contributed by atoms with Crippen molar-refractivity contribution in [3.8, 4) is 17.2 Å². The van der Waals surface area contributed by atoms with Gasteiger partial charge in [0.05, 0.1) is 11.3 Å². The van der Waals surface area contributed by atoms with Crippen molar-refractivity contribution in [3.63, 3.8) is 0 Å². The third-order valence-corrected chi connectivity index (χ3v) is 4.11. The van der Waals surface area contributed by atoms with Gasteiger partial charge in [-0.1, -0.05) is 0 Å². The van der Waals surface area contributed by atoms with E-state index in [1.165, 1.54) is 43.6 Å². The van der Waals surface area contributed by atoms with E-state index in [0.29, 0.717) is 29.3 Å². The van der Waals surface area contributed by atoms with Crippen LogP contribution in [0, 0.1) is 0 Å². The predicted octanol–water partition coefficient (Wildman–Crippen LogP) is 4.60. The Morgan fingerprint density at radius 3 is 2.34 bits per heavy atom. The summed E-state index contributed by atoms with van der Waals surface area (Å²) in [6, 6.07) is 10.4. The van der Waals surface area contributed by atoms with E-state index in [1.54, 1.807) is 6.07 Å². The van der Waals surface area contributed by atoms with Gasteiger partial charge in [0, 0.05) is 25.0 Å². The summed E-state index contributed by atoms with van der Waals surface area (Å²) in [5.74, 6) is -0.101. The van der Waals surface area contributed by atoms with E-state index in [9.17, 15) is 27.9 Å². The molecule has 0 spiro atoms. The van der Waals surface area contributed by atoms with E-state index < -0.39 is 23.5 Å². The number of hydrogen-bond acceptors (Lipinski definition) is 5. The topological polar surface area (TPSA) is 113 Å². The Kier molecular flexibility index (Phi) is 6.47. The molecule has 166 valence electrons. The molecule has 0 saturated heterocycles. The van der Waals surface area contributed by atoms with Gasteiger partial charge in [0.1, 0.15) is 22.9 Å². The van der Waals surface area contributed by atoms with Gasteiger partial charge in [0.15, 0.2) is 0 Å². The van der Waals surface area contributed by atoms with Crippen molar-refractivity contribution < 1.29 is 32.6 Å². The van der Waals surface area contributed by atoms with Crippen LogP contribution < -0.4 is 20.7 Å². The van der Waals surface area contributed by atoms with Gasteiger partial charge in [-0.05, 0) is 48.5 Å². The van der Waals surface area contributed by atoms with Crippen LogP contribution in [0.15, 0.2) is 60.8 Å². The lowest BCUT2D eigenvalue weighted by Gasteiger charge is -2.12. The van der Waals surface area contributed by atoms with Gasteiger partial charge in [-0.2, -0.15) is 13.2 Å². The Hall–Kier alpha value is -4.28. The molecule has 0 aliphatic carbocycles. The molecule has 0 radical (unpaired) electrons. The molecular weight excluding hydrogens is 429 g/mol. The molecule has 2 aromatic carbocycles. The van der Waals surface area contributed by atoms with E-state index in [1.807, 2.05) is 0 Å². The molecule has 0 fully saturated rings. The normalized spacial score (nSPS) is 10.9. The number of carbonyl (C=O) groups is 2. The van der Waals surface area contributed by atoms with Gasteiger partial charge >= 0.3 is 12.2 Å². The zero-order valence-electron chi connectivity index (χ0n) is 16.5. The number of nitrogens with zero attached hydrogens (tertiary/aromatic N) is 1. The van der Waals surface area contributed by atoms with Crippen molar-refractivity contribution in [1.29, 1.82) is 0 Å². The number of rotatable bonds is 5. The van der Waals surface area contributed by atoms with Crippen LogP contribution in [0.25, 0.3) is 0 Å².